The van der Waals surface area contributed by atoms with E-state index >= 15 is 0 Å². The molecule has 20 heavy (non-hydrogen) atoms. The predicted molar refractivity (Wildman–Crippen MR) is 73.1 cm³/mol. The molecule has 0 aromatic heterocycles. The fourth-order valence-corrected chi connectivity index (χ4v) is 2.47. The summed E-state index contributed by atoms with van der Waals surface area (Å²) in [6.45, 7) is 2.49. The van der Waals surface area contributed by atoms with Crippen molar-refractivity contribution in [2.75, 3.05) is 26.4 Å². The Morgan fingerprint density at radius 2 is 2.05 bits per heavy atom. The highest BCUT2D eigenvalue weighted by Gasteiger charge is 2.22. The zero-order valence-electron chi connectivity index (χ0n) is 11.4. The third-order valence-electron chi connectivity index (χ3n) is 3.54. The monoisotopic (exact) mass is 277 g/mol. The van der Waals surface area contributed by atoms with E-state index in [0.717, 1.165) is 36.3 Å². The first-order valence-corrected chi connectivity index (χ1v) is 7.11. The molecule has 1 fully saturated rings. The second kappa shape index (κ2) is 6.13. The van der Waals surface area contributed by atoms with Gasteiger partial charge in [-0.25, -0.2) is 0 Å². The molecule has 108 valence electrons. The Morgan fingerprint density at radius 3 is 2.85 bits per heavy atom. The molecule has 2 heterocycles. The Balaban J connectivity index is 1.49. The van der Waals surface area contributed by atoms with Gasteiger partial charge < -0.3 is 19.5 Å². The molecule has 1 atom stereocenters. The molecule has 1 aromatic rings. The van der Waals surface area contributed by atoms with Crippen LogP contribution in [0.1, 0.15) is 18.4 Å². The van der Waals surface area contributed by atoms with Gasteiger partial charge in [0.15, 0.2) is 11.5 Å². The van der Waals surface area contributed by atoms with Gasteiger partial charge in [-0.05, 0) is 37.0 Å². The normalized spacial score (nSPS) is 20.7. The minimum atomic E-state index is -0.254. The van der Waals surface area contributed by atoms with Gasteiger partial charge >= 0.3 is 0 Å². The van der Waals surface area contributed by atoms with Crippen LogP contribution in [0.25, 0.3) is 0 Å². The summed E-state index contributed by atoms with van der Waals surface area (Å²) in [6, 6.07) is 5.91. The first-order chi connectivity index (χ1) is 9.83. The molecular weight excluding hydrogens is 258 g/mol. The Bertz CT molecular complexity index is 483. The summed E-state index contributed by atoms with van der Waals surface area (Å²) in [5.41, 5.74) is 1.13. The van der Waals surface area contributed by atoms with Gasteiger partial charge in [0, 0.05) is 13.2 Å². The van der Waals surface area contributed by atoms with E-state index in [2.05, 4.69) is 5.32 Å². The molecule has 0 aliphatic carbocycles. The molecule has 2 aliphatic rings. The standard InChI is InChI=1S/C15H19NO4/c17-15(13-2-1-7-18-13)16-6-5-11-3-4-12-14(10-11)20-9-8-19-12/h3-4,10,13H,1-2,5-9H2,(H,16,17). The Morgan fingerprint density at radius 1 is 1.20 bits per heavy atom. The molecule has 1 N–H and O–H groups in total. The van der Waals surface area contributed by atoms with E-state index in [-0.39, 0.29) is 12.0 Å². The lowest BCUT2D eigenvalue weighted by molar-refractivity contribution is -0.129. The van der Waals surface area contributed by atoms with E-state index < -0.39 is 0 Å². The number of benzene rings is 1. The lowest BCUT2D eigenvalue weighted by atomic mass is 10.1. The molecule has 5 heteroatoms. The molecule has 2 aliphatic heterocycles. The third kappa shape index (κ3) is 3.04. The van der Waals surface area contributed by atoms with Crippen LogP contribution in [-0.4, -0.2) is 38.4 Å². The van der Waals surface area contributed by atoms with E-state index in [0.29, 0.717) is 26.4 Å². The smallest absolute Gasteiger partial charge is 0.249 e. The van der Waals surface area contributed by atoms with Gasteiger partial charge in [-0.2, -0.15) is 0 Å². The zero-order chi connectivity index (χ0) is 13.8. The molecule has 1 saturated heterocycles. The first-order valence-electron chi connectivity index (χ1n) is 7.11. The van der Waals surface area contributed by atoms with Crippen molar-refractivity contribution in [3.63, 3.8) is 0 Å². The molecular formula is C15H19NO4. The third-order valence-corrected chi connectivity index (χ3v) is 3.54. The van der Waals surface area contributed by atoms with Gasteiger partial charge in [-0.15, -0.1) is 0 Å². The Labute approximate surface area is 118 Å². The maximum absolute atomic E-state index is 11.8. The van der Waals surface area contributed by atoms with Crippen LogP contribution in [0.4, 0.5) is 0 Å². The van der Waals surface area contributed by atoms with Crippen molar-refractivity contribution in [2.45, 2.75) is 25.4 Å². The molecule has 0 radical (unpaired) electrons. The van der Waals surface area contributed by atoms with Gasteiger partial charge in [-0.3, -0.25) is 4.79 Å². The number of hydrogen-bond donors (Lipinski definition) is 1. The molecule has 0 bridgehead atoms. The summed E-state index contributed by atoms with van der Waals surface area (Å²) in [6.07, 6.45) is 2.32. The molecule has 5 nitrogen and oxygen atoms in total. The number of ether oxygens (including phenoxy) is 3. The van der Waals surface area contributed by atoms with Crippen LogP contribution >= 0.6 is 0 Å². The van der Waals surface area contributed by atoms with Gasteiger partial charge in [0.25, 0.3) is 0 Å². The van der Waals surface area contributed by atoms with Crippen LogP contribution < -0.4 is 14.8 Å². The van der Waals surface area contributed by atoms with Crippen molar-refractivity contribution in [3.05, 3.63) is 23.8 Å². The predicted octanol–water partition coefficient (Wildman–Crippen LogP) is 1.30. The highest BCUT2D eigenvalue weighted by atomic mass is 16.6. The van der Waals surface area contributed by atoms with Crippen LogP contribution in [0.3, 0.4) is 0 Å². The van der Waals surface area contributed by atoms with E-state index in [9.17, 15) is 4.79 Å². The van der Waals surface area contributed by atoms with E-state index in [1.807, 2.05) is 18.2 Å². The van der Waals surface area contributed by atoms with Crippen LogP contribution in [-0.2, 0) is 16.0 Å². The molecule has 1 unspecified atom stereocenters. The van der Waals surface area contributed by atoms with Crippen molar-refractivity contribution >= 4 is 5.91 Å². The topological polar surface area (TPSA) is 56.8 Å². The van der Waals surface area contributed by atoms with E-state index in [1.54, 1.807) is 0 Å². The second-order valence-corrected chi connectivity index (χ2v) is 5.02. The average molecular weight is 277 g/mol. The molecule has 0 saturated carbocycles. The quantitative estimate of drug-likeness (QED) is 0.901. The summed E-state index contributed by atoms with van der Waals surface area (Å²) in [4.78, 5) is 11.8. The van der Waals surface area contributed by atoms with Crippen molar-refractivity contribution in [1.29, 1.82) is 0 Å². The van der Waals surface area contributed by atoms with Crippen LogP contribution in [0, 0.1) is 0 Å². The SMILES string of the molecule is O=C(NCCc1ccc2c(c1)OCCO2)C1CCCO1. The lowest BCUT2D eigenvalue weighted by Gasteiger charge is -2.19. The Hall–Kier alpha value is -1.75. The minimum absolute atomic E-state index is 0.0000401. The molecule has 3 rings (SSSR count). The number of nitrogens with one attached hydrogen (secondary N) is 1. The fraction of sp³-hybridized carbons (Fsp3) is 0.533. The molecule has 0 spiro atoms. The van der Waals surface area contributed by atoms with Crippen LogP contribution in [0.5, 0.6) is 11.5 Å². The minimum Gasteiger partial charge on any atom is -0.486 e. The summed E-state index contributed by atoms with van der Waals surface area (Å²) in [7, 11) is 0. The van der Waals surface area contributed by atoms with E-state index in [4.69, 9.17) is 14.2 Å². The first kappa shape index (κ1) is 13.2. The summed E-state index contributed by atoms with van der Waals surface area (Å²) in [5, 5.41) is 2.92. The summed E-state index contributed by atoms with van der Waals surface area (Å²) < 4.78 is 16.4. The van der Waals surface area contributed by atoms with Crippen LogP contribution in [0.15, 0.2) is 18.2 Å². The van der Waals surface area contributed by atoms with Crippen LogP contribution in [0.2, 0.25) is 0 Å². The fourth-order valence-electron chi connectivity index (χ4n) is 2.47. The van der Waals surface area contributed by atoms with Crippen molar-refractivity contribution in [1.82, 2.24) is 5.32 Å². The van der Waals surface area contributed by atoms with Gasteiger partial charge in [0.2, 0.25) is 5.91 Å². The summed E-state index contributed by atoms with van der Waals surface area (Å²) in [5.74, 6) is 1.59. The molecule has 1 amide bonds. The lowest BCUT2D eigenvalue weighted by Crippen LogP contribution is -2.35. The van der Waals surface area contributed by atoms with Gasteiger partial charge in [0.1, 0.15) is 19.3 Å². The highest BCUT2D eigenvalue weighted by molar-refractivity contribution is 5.80. The van der Waals surface area contributed by atoms with Crippen molar-refractivity contribution in [2.24, 2.45) is 0 Å². The number of carbonyl (C=O) groups is 1. The average Bonchev–Trinajstić information content (AvgIpc) is 3.01. The van der Waals surface area contributed by atoms with Crippen molar-refractivity contribution < 1.29 is 19.0 Å². The summed E-state index contributed by atoms with van der Waals surface area (Å²) >= 11 is 0. The van der Waals surface area contributed by atoms with Crippen molar-refractivity contribution in [3.8, 4) is 11.5 Å². The number of hydrogen-bond acceptors (Lipinski definition) is 4. The van der Waals surface area contributed by atoms with Gasteiger partial charge in [0.05, 0.1) is 0 Å². The Kier molecular flexibility index (Phi) is 4.06. The van der Waals surface area contributed by atoms with E-state index in [1.165, 1.54) is 0 Å². The van der Waals surface area contributed by atoms with Gasteiger partial charge in [-0.1, -0.05) is 6.07 Å². The number of rotatable bonds is 4. The zero-order valence-corrected chi connectivity index (χ0v) is 11.4. The maximum atomic E-state index is 11.8. The largest absolute Gasteiger partial charge is 0.486 e. The highest BCUT2D eigenvalue weighted by Crippen LogP contribution is 2.30. The molecule has 1 aromatic carbocycles. The maximum Gasteiger partial charge on any atom is 0.249 e. The number of carbonyl (C=O) groups excluding carboxylic acids is 1. The number of amides is 1. The number of fused-ring (bicyclic) bond motifs is 1. The second-order valence-electron chi connectivity index (χ2n) is 5.02.